The number of hydrogen-bond acceptors (Lipinski definition) is 3. The van der Waals surface area contributed by atoms with Crippen LogP contribution in [-0.4, -0.2) is 41.4 Å². The molecule has 0 atom stereocenters. The number of sulfonamides is 1. The largest absolute Gasteiger partial charge is 0.261 e. The number of pyridine rings is 1. The minimum absolute atomic E-state index is 0.146. The number of alkyl halides is 1. The van der Waals surface area contributed by atoms with Crippen LogP contribution in [0.1, 0.15) is 31.4 Å². The third-order valence-corrected chi connectivity index (χ3v) is 6.01. The molecule has 0 saturated heterocycles. The molecule has 0 radical (unpaired) electrons. The molecule has 1 aliphatic rings. The normalized spacial score (nSPS) is 16.9. The highest BCUT2D eigenvalue weighted by molar-refractivity contribution is 9.09. The molecule has 1 aromatic heterocycles. The quantitative estimate of drug-likeness (QED) is 0.702. The molecule has 1 aromatic rings. The molecular weight excluding hydrogens is 340 g/mol. The van der Waals surface area contributed by atoms with Crippen LogP contribution in [-0.2, 0) is 16.4 Å². The maximum Gasteiger partial charge on any atom is 0.214 e. The van der Waals surface area contributed by atoms with E-state index in [1.807, 2.05) is 18.2 Å². The lowest BCUT2D eigenvalue weighted by Gasteiger charge is -2.27. The van der Waals surface area contributed by atoms with Crippen LogP contribution in [0.25, 0.3) is 0 Å². The van der Waals surface area contributed by atoms with Crippen LogP contribution in [0, 0.1) is 0 Å². The van der Waals surface area contributed by atoms with Gasteiger partial charge in [-0.25, -0.2) is 8.42 Å². The summed E-state index contributed by atoms with van der Waals surface area (Å²) >= 11 is 3.37. The second-order valence-electron chi connectivity index (χ2n) is 5.13. The van der Waals surface area contributed by atoms with Crippen LogP contribution in [0.2, 0.25) is 0 Å². The summed E-state index contributed by atoms with van der Waals surface area (Å²) in [6.07, 6.45) is 6.45. The zero-order valence-electron chi connectivity index (χ0n) is 11.5. The van der Waals surface area contributed by atoms with Crippen molar-refractivity contribution in [2.24, 2.45) is 0 Å². The summed E-state index contributed by atoms with van der Waals surface area (Å²) in [6, 6.07) is 5.80. The lowest BCUT2D eigenvalue weighted by molar-refractivity contribution is 0.338. The molecule has 0 aromatic carbocycles. The van der Waals surface area contributed by atoms with Gasteiger partial charge in [-0.15, -0.1) is 0 Å². The molecule has 20 heavy (non-hydrogen) atoms. The summed E-state index contributed by atoms with van der Waals surface area (Å²) in [7, 11) is -3.20. The van der Waals surface area contributed by atoms with Gasteiger partial charge in [0.1, 0.15) is 0 Å². The van der Waals surface area contributed by atoms with Crippen LogP contribution in [0.4, 0.5) is 0 Å². The van der Waals surface area contributed by atoms with E-state index in [1.165, 1.54) is 0 Å². The van der Waals surface area contributed by atoms with Crippen molar-refractivity contribution in [3.8, 4) is 0 Å². The van der Waals surface area contributed by atoms with Gasteiger partial charge in [-0.05, 0) is 25.0 Å². The Bertz CT molecular complexity index is 501. The minimum atomic E-state index is -3.20. The molecule has 1 heterocycles. The average molecular weight is 361 g/mol. The molecule has 0 spiro atoms. The molecule has 1 saturated carbocycles. The smallest absolute Gasteiger partial charge is 0.214 e. The third kappa shape index (κ3) is 4.27. The Morgan fingerprint density at radius 1 is 1.30 bits per heavy atom. The minimum Gasteiger partial charge on any atom is -0.261 e. The van der Waals surface area contributed by atoms with Crippen LogP contribution in [0.3, 0.4) is 0 Å². The van der Waals surface area contributed by atoms with E-state index in [4.69, 9.17) is 0 Å². The average Bonchev–Trinajstić information content (AvgIpc) is 2.97. The fourth-order valence-electron chi connectivity index (χ4n) is 2.72. The highest BCUT2D eigenvalue weighted by Gasteiger charge is 2.31. The summed E-state index contributed by atoms with van der Waals surface area (Å²) < 4.78 is 26.8. The highest BCUT2D eigenvalue weighted by atomic mass is 79.9. The second-order valence-corrected chi connectivity index (χ2v) is 7.96. The van der Waals surface area contributed by atoms with Crippen molar-refractivity contribution in [2.75, 3.05) is 17.6 Å². The molecule has 0 unspecified atom stereocenters. The Balaban J connectivity index is 2.02. The molecule has 112 valence electrons. The number of aryl methyl sites for hydroxylation is 1. The summed E-state index contributed by atoms with van der Waals surface area (Å²) in [4.78, 5) is 4.19. The standard InChI is InChI=1S/C14H21BrN2O2S/c15-9-11-17(14-6-1-2-7-14)20(18,19)12-8-13-5-3-4-10-16-13/h3-5,10,14H,1-2,6-9,11-12H2. The van der Waals surface area contributed by atoms with E-state index in [1.54, 1.807) is 10.5 Å². The number of hydrogen-bond donors (Lipinski definition) is 0. The van der Waals surface area contributed by atoms with Crippen molar-refractivity contribution in [3.05, 3.63) is 30.1 Å². The van der Waals surface area contributed by atoms with Gasteiger partial charge in [0, 0.05) is 36.2 Å². The van der Waals surface area contributed by atoms with Gasteiger partial charge in [0.25, 0.3) is 0 Å². The molecule has 1 aliphatic carbocycles. The second kappa shape index (κ2) is 7.52. The van der Waals surface area contributed by atoms with E-state index in [0.717, 1.165) is 31.4 Å². The van der Waals surface area contributed by atoms with Crippen LogP contribution in [0.5, 0.6) is 0 Å². The van der Waals surface area contributed by atoms with Gasteiger partial charge < -0.3 is 0 Å². The van der Waals surface area contributed by atoms with Gasteiger partial charge in [-0.1, -0.05) is 34.8 Å². The van der Waals surface area contributed by atoms with Gasteiger partial charge >= 0.3 is 0 Å². The number of rotatable bonds is 7. The molecule has 4 nitrogen and oxygen atoms in total. The van der Waals surface area contributed by atoms with Crippen molar-refractivity contribution in [1.82, 2.24) is 9.29 Å². The lowest BCUT2D eigenvalue weighted by Crippen LogP contribution is -2.41. The summed E-state index contributed by atoms with van der Waals surface area (Å²) in [5.74, 6) is 0.146. The zero-order valence-corrected chi connectivity index (χ0v) is 13.9. The van der Waals surface area contributed by atoms with Crippen molar-refractivity contribution in [1.29, 1.82) is 0 Å². The molecule has 0 aliphatic heterocycles. The Hall–Kier alpha value is -0.460. The van der Waals surface area contributed by atoms with Crippen LogP contribution < -0.4 is 0 Å². The summed E-state index contributed by atoms with van der Waals surface area (Å²) in [5.41, 5.74) is 0.835. The van der Waals surface area contributed by atoms with Crippen LogP contribution >= 0.6 is 15.9 Å². The number of aromatic nitrogens is 1. The Kier molecular flexibility index (Phi) is 5.99. The fraction of sp³-hybridized carbons (Fsp3) is 0.643. The molecule has 0 bridgehead atoms. The zero-order chi connectivity index (χ0) is 14.4. The Morgan fingerprint density at radius 3 is 2.65 bits per heavy atom. The summed E-state index contributed by atoms with van der Waals surface area (Å²) in [6.45, 7) is 0.565. The van der Waals surface area contributed by atoms with E-state index in [9.17, 15) is 8.42 Å². The third-order valence-electron chi connectivity index (χ3n) is 3.74. The first-order chi connectivity index (χ1) is 9.63. The summed E-state index contributed by atoms with van der Waals surface area (Å²) in [5, 5.41) is 0.687. The van der Waals surface area contributed by atoms with Crippen molar-refractivity contribution < 1.29 is 8.42 Å². The maximum atomic E-state index is 12.6. The SMILES string of the molecule is O=S(=O)(CCc1ccccn1)N(CCBr)C1CCCC1. The van der Waals surface area contributed by atoms with Crippen molar-refractivity contribution in [3.63, 3.8) is 0 Å². The van der Waals surface area contributed by atoms with Crippen molar-refractivity contribution >= 4 is 26.0 Å². The van der Waals surface area contributed by atoms with Gasteiger partial charge in [0.05, 0.1) is 5.75 Å². The molecule has 0 amide bonds. The first-order valence-electron chi connectivity index (χ1n) is 7.09. The predicted molar refractivity (Wildman–Crippen MR) is 84.5 cm³/mol. The highest BCUT2D eigenvalue weighted by Crippen LogP contribution is 2.26. The number of halogens is 1. The molecular formula is C14H21BrN2O2S. The van der Waals surface area contributed by atoms with Gasteiger partial charge in [0.2, 0.25) is 10.0 Å². The molecule has 2 rings (SSSR count). The van der Waals surface area contributed by atoms with Gasteiger partial charge in [-0.2, -0.15) is 4.31 Å². The van der Waals surface area contributed by atoms with Crippen molar-refractivity contribution in [2.45, 2.75) is 38.1 Å². The Labute approximate surface area is 129 Å². The molecule has 6 heteroatoms. The molecule has 1 fully saturated rings. The fourth-order valence-corrected chi connectivity index (χ4v) is 5.07. The van der Waals surface area contributed by atoms with Gasteiger partial charge in [-0.3, -0.25) is 4.98 Å². The monoisotopic (exact) mass is 360 g/mol. The molecule has 0 N–H and O–H groups in total. The van der Waals surface area contributed by atoms with E-state index < -0.39 is 10.0 Å². The lowest BCUT2D eigenvalue weighted by atomic mass is 10.2. The predicted octanol–water partition coefficient (Wildman–Crippen LogP) is 2.59. The first-order valence-corrected chi connectivity index (χ1v) is 9.82. The number of nitrogens with zero attached hydrogens (tertiary/aromatic N) is 2. The van der Waals surface area contributed by atoms with E-state index in [0.29, 0.717) is 18.3 Å². The van der Waals surface area contributed by atoms with E-state index in [2.05, 4.69) is 20.9 Å². The van der Waals surface area contributed by atoms with Gasteiger partial charge in [0.15, 0.2) is 0 Å². The van der Waals surface area contributed by atoms with E-state index in [-0.39, 0.29) is 11.8 Å². The first kappa shape index (κ1) is 15.9. The van der Waals surface area contributed by atoms with E-state index >= 15 is 0 Å². The maximum absolute atomic E-state index is 12.6. The Morgan fingerprint density at radius 2 is 2.05 bits per heavy atom. The topological polar surface area (TPSA) is 50.3 Å². The van der Waals surface area contributed by atoms with Crippen LogP contribution in [0.15, 0.2) is 24.4 Å².